The Hall–Kier alpha value is -1.07. The SMILES string of the molecule is Cc1ccc(CN2CCCCC2CCNCC(F)(F)F)cc1C. The first-order valence-electron chi connectivity index (χ1n) is 8.43. The lowest BCUT2D eigenvalue weighted by Gasteiger charge is -2.36. The fourth-order valence-electron chi connectivity index (χ4n) is 3.23. The Morgan fingerprint density at radius 1 is 1.17 bits per heavy atom. The molecule has 0 spiro atoms. The van der Waals surface area contributed by atoms with Crippen LogP contribution < -0.4 is 5.32 Å². The predicted molar refractivity (Wildman–Crippen MR) is 87.5 cm³/mol. The van der Waals surface area contributed by atoms with Crippen molar-refractivity contribution >= 4 is 0 Å². The lowest BCUT2D eigenvalue weighted by Crippen LogP contribution is -2.41. The number of halogens is 3. The maximum Gasteiger partial charge on any atom is 0.401 e. The molecule has 130 valence electrons. The van der Waals surface area contributed by atoms with E-state index in [1.165, 1.54) is 29.5 Å². The van der Waals surface area contributed by atoms with Crippen LogP contribution in [-0.2, 0) is 6.54 Å². The number of likely N-dealkylation sites (tertiary alicyclic amines) is 1. The van der Waals surface area contributed by atoms with Crippen LogP contribution in [0.4, 0.5) is 13.2 Å². The van der Waals surface area contributed by atoms with Crippen molar-refractivity contribution in [2.45, 2.75) is 58.3 Å². The normalized spacial score (nSPS) is 20.0. The molecule has 0 aliphatic carbocycles. The Bertz CT molecular complexity index is 500. The number of nitrogens with zero attached hydrogens (tertiary/aromatic N) is 1. The number of piperidine rings is 1. The van der Waals surface area contributed by atoms with E-state index in [1.807, 2.05) is 0 Å². The van der Waals surface area contributed by atoms with Crippen molar-refractivity contribution in [1.82, 2.24) is 10.2 Å². The molecule has 1 atom stereocenters. The monoisotopic (exact) mass is 328 g/mol. The highest BCUT2D eigenvalue weighted by atomic mass is 19.4. The topological polar surface area (TPSA) is 15.3 Å². The largest absolute Gasteiger partial charge is 0.401 e. The Morgan fingerprint density at radius 3 is 2.65 bits per heavy atom. The van der Waals surface area contributed by atoms with E-state index in [-0.39, 0.29) is 0 Å². The van der Waals surface area contributed by atoms with Crippen LogP contribution in [0, 0.1) is 13.8 Å². The van der Waals surface area contributed by atoms with Crippen LogP contribution in [0.1, 0.15) is 42.4 Å². The third-order valence-corrected chi connectivity index (χ3v) is 4.69. The highest BCUT2D eigenvalue weighted by molar-refractivity contribution is 5.29. The standard InChI is InChI=1S/C18H27F3N2/c1-14-6-7-16(11-15(14)2)12-23-10-4-3-5-17(23)8-9-22-13-18(19,20)21/h6-7,11,17,22H,3-5,8-10,12-13H2,1-2H3. The first kappa shape index (κ1) is 18.3. The summed E-state index contributed by atoms with van der Waals surface area (Å²) in [5.74, 6) is 0. The molecule has 2 nitrogen and oxygen atoms in total. The Labute approximate surface area is 137 Å². The molecule has 1 aromatic carbocycles. The van der Waals surface area contributed by atoms with Crippen LogP contribution in [-0.4, -0.2) is 36.8 Å². The van der Waals surface area contributed by atoms with Crippen molar-refractivity contribution in [3.05, 3.63) is 34.9 Å². The van der Waals surface area contributed by atoms with Crippen molar-refractivity contribution in [3.8, 4) is 0 Å². The molecule has 0 amide bonds. The van der Waals surface area contributed by atoms with Gasteiger partial charge in [0.15, 0.2) is 0 Å². The van der Waals surface area contributed by atoms with Crippen molar-refractivity contribution in [1.29, 1.82) is 0 Å². The lowest BCUT2D eigenvalue weighted by molar-refractivity contribution is -0.124. The number of rotatable bonds is 6. The minimum Gasteiger partial charge on any atom is -0.309 e. The Kier molecular flexibility index (Phi) is 6.48. The summed E-state index contributed by atoms with van der Waals surface area (Å²) in [5, 5.41) is 2.52. The van der Waals surface area contributed by atoms with Gasteiger partial charge in [0.25, 0.3) is 0 Å². The molecule has 2 rings (SSSR count). The molecule has 0 saturated carbocycles. The van der Waals surface area contributed by atoms with Gasteiger partial charge in [-0.3, -0.25) is 4.90 Å². The molecule has 0 radical (unpaired) electrons. The average Bonchev–Trinajstić information content (AvgIpc) is 2.48. The molecule has 1 heterocycles. The number of benzene rings is 1. The predicted octanol–water partition coefficient (Wildman–Crippen LogP) is 4.20. The van der Waals surface area contributed by atoms with Crippen molar-refractivity contribution in [2.75, 3.05) is 19.6 Å². The third kappa shape index (κ3) is 6.15. The van der Waals surface area contributed by atoms with Crippen LogP contribution in [0.5, 0.6) is 0 Å². The summed E-state index contributed by atoms with van der Waals surface area (Å²) in [7, 11) is 0. The highest BCUT2D eigenvalue weighted by Crippen LogP contribution is 2.23. The molecular formula is C18H27F3N2. The smallest absolute Gasteiger partial charge is 0.309 e. The van der Waals surface area contributed by atoms with Crippen molar-refractivity contribution in [3.63, 3.8) is 0 Å². The molecule has 1 aliphatic heterocycles. The summed E-state index contributed by atoms with van der Waals surface area (Å²) in [5.41, 5.74) is 3.88. The van der Waals surface area contributed by atoms with Gasteiger partial charge >= 0.3 is 6.18 Å². The molecule has 5 heteroatoms. The first-order valence-corrected chi connectivity index (χ1v) is 8.43. The average molecular weight is 328 g/mol. The van der Waals surface area contributed by atoms with Crippen molar-refractivity contribution in [2.24, 2.45) is 0 Å². The first-order chi connectivity index (χ1) is 10.8. The molecule has 1 aliphatic rings. The summed E-state index contributed by atoms with van der Waals surface area (Å²) in [6.45, 7) is 5.69. The summed E-state index contributed by atoms with van der Waals surface area (Å²) in [4.78, 5) is 2.43. The molecule has 0 bridgehead atoms. The van der Waals surface area contributed by atoms with Crippen LogP contribution >= 0.6 is 0 Å². The van der Waals surface area contributed by atoms with E-state index in [0.717, 1.165) is 25.9 Å². The zero-order valence-electron chi connectivity index (χ0n) is 14.0. The van der Waals surface area contributed by atoms with Gasteiger partial charge in [-0.25, -0.2) is 0 Å². The number of hydrogen-bond donors (Lipinski definition) is 1. The van der Waals surface area contributed by atoms with Crippen LogP contribution in [0.25, 0.3) is 0 Å². The second-order valence-corrected chi connectivity index (χ2v) is 6.62. The molecule has 23 heavy (non-hydrogen) atoms. The number of aryl methyl sites for hydroxylation is 2. The van der Waals surface area contributed by atoms with Gasteiger partial charge < -0.3 is 5.32 Å². The zero-order valence-corrected chi connectivity index (χ0v) is 14.0. The van der Waals surface area contributed by atoms with Crippen LogP contribution in [0.15, 0.2) is 18.2 Å². The molecule has 1 aromatic rings. The molecule has 1 unspecified atom stereocenters. The van der Waals surface area contributed by atoms with E-state index in [4.69, 9.17) is 0 Å². The maximum atomic E-state index is 12.2. The quantitative estimate of drug-likeness (QED) is 0.787. The van der Waals surface area contributed by atoms with Gasteiger partial charge in [0, 0.05) is 12.6 Å². The van der Waals surface area contributed by atoms with Gasteiger partial charge in [0.1, 0.15) is 0 Å². The minimum atomic E-state index is -4.12. The summed E-state index contributed by atoms with van der Waals surface area (Å²) in [6.07, 6.45) is 0.0931. The third-order valence-electron chi connectivity index (χ3n) is 4.69. The van der Waals surface area contributed by atoms with E-state index >= 15 is 0 Å². The van der Waals surface area contributed by atoms with E-state index in [1.54, 1.807) is 0 Å². The number of hydrogen-bond acceptors (Lipinski definition) is 2. The Morgan fingerprint density at radius 2 is 1.96 bits per heavy atom. The Balaban J connectivity index is 1.86. The molecule has 1 fully saturated rings. The minimum absolute atomic E-state index is 0.381. The van der Waals surface area contributed by atoms with E-state index in [9.17, 15) is 13.2 Å². The lowest BCUT2D eigenvalue weighted by atomic mass is 9.97. The zero-order chi connectivity index (χ0) is 16.9. The van der Waals surface area contributed by atoms with Gasteiger partial charge in [-0.2, -0.15) is 13.2 Å². The summed E-state index contributed by atoms with van der Waals surface area (Å²) < 4.78 is 36.5. The number of nitrogens with one attached hydrogen (secondary N) is 1. The number of alkyl halides is 3. The second-order valence-electron chi connectivity index (χ2n) is 6.62. The van der Waals surface area contributed by atoms with Crippen molar-refractivity contribution < 1.29 is 13.2 Å². The highest BCUT2D eigenvalue weighted by Gasteiger charge is 2.27. The van der Waals surface area contributed by atoms with Gasteiger partial charge in [0.2, 0.25) is 0 Å². The summed E-state index contributed by atoms with van der Waals surface area (Å²) >= 11 is 0. The molecule has 0 aromatic heterocycles. The van der Waals surface area contributed by atoms with Gasteiger partial charge in [-0.05, 0) is 62.9 Å². The van der Waals surface area contributed by atoms with Gasteiger partial charge in [0.05, 0.1) is 6.54 Å². The summed E-state index contributed by atoms with van der Waals surface area (Å²) in [6, 6.07) is 6.92. The fraction of sp³-hybridized carbons (Fsp3) is 0.667. The van der Waals surface area contributed by atoms with E-state index in [2.05, 4.69) is 42.3 Å². The van der Waals surface area contributed by atoms with Crippen LogP contribution in [0.2, 0.25) is 0 Å². The second kappa shape index (κ2) is 8.15. The van der Waals surface area contributed by atoms with Crippen LogP contribution in [0.3, 0.4) is 0 Å². The van der Waals surface area contributed by atoms with E-state index < -0.39 is 12.7 Å². The molecular weight excluding hydrogens is 301 g/mol. The van der Waals surface area contributed by atoms with Gasteiger partial charge in [-0.1, -0.05) is 24.6 Å². The fourth-order valence-corrected chi connectivity index (χ4v) is 3.23. The van der Waals surface area contributed by atoms with Gasteiger partial charge in [-0.15, -0.1) is 0 Å². The molecule has 1 saturated heterocycles. The molecule has 1 N–H and O–H groups in total. The maximum absolute atomic E-state index is 12.2. The van der Waals surface area contributed by atoms with E-state index in [0.29, 0.717) is 12.6 Å².